The predicted molar refractivity (Wildman–Crippen MR) is 141 cm³/mol. The Labute approximate surface area is 210 Å². The van der Waals surface area contributed by atoms with Gasteiger partial charge in [-0.2, -0.15) is 0 Å². The molecule has 0 saturated carbocycles. The van der Waals surface area contributed by atoms with E-state index in [9.17, 15) is 9.59 Å². The van der Waals surface area contributed by atoms with Crippen molar-refractivity contribution in [1.82, 2.24) is 10.2 Å². The molecular formula is C25H32BrN3O3S. The lowest BCUT2D eigenvalue weighted by Gasteiger charge is -2.21. The van der Waals surface area contributed by atoms with Crippen molar-refractivity contribution >= 4 is 50.8 Å². The molecular weight excluding hydrogens is 502 g/mol. The molecule has 0 unspecified atom stereocenters. The molecule has 0 aliphatic carbocycles. The van der Waals surface area contributed by atoms with Crippen molar-refractivity contribution in [2.45, 2.75) is 46.5 Å². The predicted octanol–water partition coefficient (Wildman–Crippen LogP) is 6.02. The van der Waals surface area contributed by atoms with E-state index in [-0.39, 0.29) is 16.9 Å². The number of ether oxygens (including phenoxy) is 1. The minimum absolute atomic E-state index is 0.0198. The van der Waals surface area contributed by atoms with E-state index in [0.29, 0.717) is 29.2 Å². The van der Waals surface area contributed by atoms with Crippen LogP contribution >= 0.6 is 28.1 Å². The first-order chi connectivity index (χ1) is 15.9. The van der Waals surface area contributed by atoms with Crippen LogP contribution in [0.4, 0.5) is 5.69 Å². The summed E-state index contributed by atoms with van der Waals surface area (Å²) in [6.45, 7) is 8.22. The molecule has 0 spiro atoms. The topological polar surface area (TPSA) is 70.7 Å². The van der Waals surface area contributed by atoms with Gasteiger partial charge in [0.15, 0.2) is 5.11 Å². The quantitative estimate of drug-likeness (QED) is 0.273. The summed E-state index contributed by atoms with van der Waals surface area (Å²) in [7, 11) is 0. The summed E-state index contributed by atoms with van der Waals surface area (Å²) in [5.74, 6) is 0.173. The number of nitrogens with one attached hydrogen (secondary N) is 2. The van der Waals surface area contributed by atoms with Crippen LogP contribution in [0.3, 0.4) is 0 Å². The second kappa shape index (κ2) is 14.0. The highest BCUT2D eigenvalue weighted by molar-refractivity contribution is 9.10. The average molecular weight is 535 g/mol. The molecule has 0 atom stereocenters. The fourth-order valence-electron chi connectivity index (χ4n) is 3.20. The maximum atomic E-state index is 12.8. The Morgan fingerprint density at radius 1 is 1.00 bits per heavy atom. The minimum atomic E-state index is -0.359. The van der Waals surface area contributed by atoms with Crippen molar-refractivity contribution in [3.05, 3.63) is 58.1 Å². The number of anilines is 1. The molecule has 0 aliphatic rings. The third-order valence-corrected chi connectivity index (χ3v) is 5.53. The van der Waals surface area contributed by atoms with Gasteiger partial charge in [0.25, 0.3) is 11.8 Å². The standard InChI is InChI=1S/C25H32BrN3O3S/c1-4-7-16-32-22-13-10-19(26)17-21(22)23(30)28-25(33)27-20-11-8-18(9-12-20)24(31)29(14-5-2)15-6-3/h8-13,17H,4-7,14-16H2,1-3H3,(H2,27,28,30,33). The van der Waals surface area contributed by atoms with Crippen molar-refractivity contribution in [2.75, 3.05) is 25.0 Å². The van der Waals surface area contributed by atoms with E-state index in [1.54, 1.807) is 36.4 Å². The van der Waals surface area contributed by atoms with Crippen LogP contribution in [-0.4, -0.2) is 41.5 Å². The van der Waals surface area contributed by atoms with Gasteiger partial charge in [-0.25, -0.2) is 0 Å². The van der Waals surface area contributed by atoms with Crippen molar-refractivity contribution < 1.29 is 14.3 Å². The monoisotopic (exact) mass is 533 g/mol. The van der Waals surface area contributed by atoms with E-state index < -0.39 is 0 Å². The lowest BCUT2D eigenvalue weighted by molar-refractivity contribution is 0.0755. The van der Waals surface area contributed by atoms with Crippen LogP contribution in [0, 0.1) is 0 Å². The van der Waals surface area contributed by atoms with Gasteiger partial charge in [-0.05, 0) is 73.9 Å². The number of rotatable bonds is 11. The Balaban J connectivity index is 2.01. The van der Waals surface area contributed by atoms with Gasteiger partial charge in [0.2, 0.25) is 0 Å². The lowest BCUT2D eigenvalue weighted by Crippen LogP contribution is -2.34. The Morgan fingerprint density at radius 2 is 1.67 bits per heavy atom. The zero-order valence-corrected chi connectivity index (χ0v) is 21.9. The maximum Gasteiger partial charge on any atom is 0.261 e. The Kier molecular flexibility index (Phi) is 11.3. The summed E-state index contributed by atoms with van der Waals surface area (Å²) in [5, 5.41) is 5.86. The van der Waals surface area contributed by atoms with Crippen LogP contribution in [0.15, 0.2) is 46.9 Å². The van der Waals surface area contributed by atoms with Crippen LogP contribution in [0.2, 0.25) is 0 Å². The fourth-order valence-corrected chi connectivity index (χ4v) is 3.77. The molecule has 0 bridgehead atoms. The van der Waals surface area contributed by atoms with Crippen LogP contribution in [0.1, 0.15) is 67.2 Å². The first kappa shape index (κ1) is 26.8. The van der Waals surface area contributed by atoms with Crippen molar-refractivity contribution in [2.24, 2.45) is 0 Å². The lowest BCUT2D eigenvalue weighted by atomic mass is 10.1. The van der Waals surface area contributed by atoms with Crippen LogP contribution < -0.4 is 15.4 Å². The Hall–Kier alpha value is -2.45. The number of halogens is 1. The number of hydrogen-bond acceptors (Lipinski definition) is 4. The maximum absolute atomic E-state index is 12.8. The third kappa shape index (κ3) is 8.44. The fraction of sp³-hybridized carbons (Fsp3) is 0.400. The van der Waals surface area contributed by atoms with Crippen molar-refractivity contribution in [3.8, 4) is 5.75 Å². The van der Waals surface area contributed by atoms with E-state index in [0.717, 1.165) is 43.2 Å². The summed E-state index contributed by atoms with van der Waals surface area (Å²) >= 11 is 8.72. The summed E-state index contributed by atoms with van der Waals surface area (Å²) in [6, 6.07) is 12.4. The number of nitrogens with zero attached hydrogens (tertiary/aromatic N) is 1. The summed E-state index contributed by atoms with van der Waals surface area (Å²) in [4.78, 5) is 27.4. The van der Waals surface area contributed by atoms with Gasteiger partial charge in [-0.15, -0.1) is 0 Å². The summed E-state index contributed by atoms with van der Waals surface area (Å²) in [6.07, 6.45) is 3.75. The molecule has 2 amide bonds. The number of amides is 2. The molecule has 2 N–H and O–H groups in total. The molecule has 0 radical (unpaired) electrons. The van der Waals surface area contributed by atoms with Crippen LogP contribution in [-0.2, 0) is 0 Å². The number of carbonyl (C=O) groups excluding carboxylic acids is 2. The second-order valence-electron chi connectivity index (χ2n) is 7.62. The molecule has 0 aromatic heterocycles. The Bertz CT molecular complexity index is 944. The molecule has 2 aromatic carbocycles. The molecule has 0 saturated heterocycles. The second-order valence-corrected chi connectivity index (χ2v) is 8.94. The molecule has 8 heteroatoms. The number of unbranched alkanes of at least 4 members (excludes halogenated alkanes) is 1. The van der Waals surface area contributed by atoms with Crippen LogP contribution in [0.5, 0.6) is 5.75 Å². The van der Waals surface area contributed by atoms with Crippen molar-refractivity contribution in [3.63, 3.8) is 0 Å². The third-order valence-electron chi connectivity index (χ3n) is 4.83. The minimum Gasteiger partial charge on any atom is -0.493 e. The molecule has 0 aliphatic heterocycles. The molecule has 2 rings (SSSR count). The molecule has 178 valence electrons. The first-order valence-corrected chi connectivity index (χ1v) is 12.5. The van der Waals surface area contributed by atoms with Gasteiger partial charge in [0.05, 0.1) is 12.2 Å². The number of hydrogen-bond donors (Lipinski definition) is 2. The molecule has 0 heterocycles. The van der Waals surface area contributed by atoms with Gasteiger partial charge < -0.3 is 15.0 Å². The number of carbonyl (C=O) groups is 2. The average Bonchev–Trinajstić information content (AvgIpc) is 2.80. The number of benzene rings is 2. The Morgan fingerprint density at radius 3 is 2.27 bits per heavy atom. The summed E-state index contributed by atoms with van der Waals surface area (Å²) < 4.78 is 6.53. The van der Waals surface area contributed by atoms with E-state index in [4.69, 9.17) is 17.0 Å². The highest BCUT2D eigenvalue weighted by atomic mass is 79.9. The highest BCUT2D eigenvalue weighted by Gasteiger charge is 2.16. The van der Waals surface area contributed by atoms with Gasteiger partial charge in [-0.1, -0.05) is 43.1 Å². The van der Waals surface area contributed by atoms with Gasteiger partial charge in [0.1, 0.15) is 5.75 Å². The van der Waals surface area contributed by atoms with E-state index in [2.05, 4.69) is 47.3 Å². The summed E-state index contributed by atoms with van der Waals surface area (Å²) in [5.41, 5.74) is 1.71. The van der Waals surface area contributed by atoms with Crippen molar-refractivity contribution in [1.29, 1.82) is 0 Å². The van der Waals surface area contributed by atoms with Gasteiger partial charge >= 0.3 is 0 Å². The highest BCUT2D eigenvalue weighted by Crippen LogP contribution is 2.23. The van der Waals surface area contributed by atoms with E-state index in [1.165, 1.54) is 0 Å². The smallest absolute Gasteiger partial charge is 0.261 e. The zero-order chi connectivity index (χ0) is 24.2. The largest absolute Gasteiger partial charge is 0.493 e. The van der Waals surface area contributed by atoms with E-state index in [1.807, 2.05) is 11.0 Å². The number of thiocarbonyl (C=S) groups is 1. The van der Waals surface area contributed by atoms with E-state index >= 15 is 0 Å². The van der Waals surface area contributed by atoms with Gasteiger partial charge in [0, 0.05) is 28.8 Å². The molecule has 0 fully saturated rings. The van der Waals surface area contributed by atoms with Gasteiger partial charge in [-0.3, -0.25) is 14.9 Å². The van der Waals surface area contributed by atoms with Crippen LogP contribution in [0.25, 0.3) is 0 Å². The normalized spacial score (nSPS) is 10.4. The SMILES string of the molecule is CCCCOc1ccc(Br)cc1C(=O)NC(=S)Nc1ccc(C(=O)N(CCC)CCC)cc1. The first-order valence-electron chi connectivity index (χ1n) is 11.3. The zero-order valence-electron chi connectivity index (χ0n) is 19.4. The molecule has 6 nitrogen and oxygen atoms in total. The molecule has 33 heavy (non-hydrogen) atoms. The molecule has 2 aromatic rings.